The quantitative estimate of drug-likeness (QED) is 0.894. The number of anilines is 2. The Hall–Kier alpha value is -2.04. The zero-order valence-electron chi connectivity index (χ0n) is 12.7. The van der Waals surface area contributed by atoms with E-state index in [4.69, 9.17) is 5.11 Å². The van der Waals surface area contributed by atoms with Gasteiger partial charge in [0.2, 0.25) is 5.91 Å². The number of aryl methyl sites for hydroxylation is 1. The predicted octanol–water partition coefficient (Wildman–Crippen LogP) is 2.50. The molecule has 1 aliphatic carbocycles. The van der Waals surface area contributed by atoms with Gasteiger partial charge in [-0.1, -0.05) is 6.42 Å². The van der Waals surface area contributed by atoms with Gasteiger partial charge in [0.15, 0.2) is 0 Å². The van der Waals surface area contributed by atoms with Gasteiger partial charge in [0.1, 0.15) is 0 Å². The molecule has 1 aromatic carbocycles. The average Bonchev–Trinajstić information content (AvgIpc) is 2.90. The molecule has 21 heavy (non-hydrogen) atoms. The third kappa shape index (κ3) is 3.35. The molecule has 0 saturated heterocycles. The van der Waals surface area contributed by atoms with E-state index in [1.54, 1.807) is 0 Å². The molecule has 1 aliphatic rings. The first-order chi connectivity index (χ1) is 9.90. The van der Waals surface area contributed by atoms with Crippen molar-refractivity contribution in [3.05, 3.63) is 23.8 Å². The summed E-state index contributed by atoms with van der Waals surface area (Å²) in [7, 11) is 3.92. The van der Waals surface area contributed by atoms with Gasteiger partial charge < -0.3 is 15.3 Å². The van der Waals surface area contributed by atoms with Gasteiger partial charge >= 0.3 is 5.97 Å². The number of nitrogens with one attached hydrogen (secondary N) is 1. The molecule has 0 spiro atoms. The van der Waals surface area contributed by atoms with Crippen LogP contribution >= 0.6 is 0 Å². The molecular formula is C16H22N2O3. The molecule has 2 atom stereocenters. The van der Waals surface area contributed by atoms with E-state index >= 15 is 0 Å². The summed E-state index contributed by atoms with van der Waals surface area (Å²) in [4.78, 5) is 25.5. The van der Waals surface area contributed by atoms with Crippen molar-refractivity contribution in [2.75, 3.05) is 24.3 Å². The van der Waals surface area contributed by atoms with Gasteiger partial charge in [-0.05, 0) is 43.5 Å². The zero-order chi connectivity index (χ0) is 15.6. The van der Waals surface area contributed by atoms with Crippen LogP contribution in [0.2, 0.25) is 0 Å². The molecule has 0 heterocycles. The smallest absolute Gasteiger partial charge is 0.307 e. The maximum absolute atomic E-state index is 12.3. The van der Waals surface area contributed by atoms with E-state index in [9.17, 15) is 9.59 Å². The summed E-state index contributed by atoms with van der Waals surface area (Å²) in [6, 6.07) is 5.80. The van der Waals surface area contributed by atoms with Crippen LogP contribution in [0.1, 0.15) is 24.8 Å². The van der Waals surface area contributed by atoms with Crippen LogP contribution in [-0.4, -0.2) is 31.1 Å². The fourth-order valence-corrected chi connectivity index (χ4v) is 2.86. The number of carboxylic acid groups (broad SMARTS) is 1. The largest absolute Gasteiger partial charge is 0.481 e. The number of aliphatic carboxylic acids is 1. The summed E-state index contributed by atoms with van der Waals surface area (Å²) < 4.78 is 0. The van der Waals surface area contributed by atoms with E-state index < -0.39 is 17.8 Å². The van der Waals surface area contributed by atoms with Crippen molar-refractivity contribution in [3.8, 4) is 0 Å². The number of carbonyl (C=O) groups excluding carboxylic acids is 1. The van der Waals surface area contributed by atoms with Crippen LogP contribution in [0.3, 0.4) is 0 Å². The van der Waals surface area contributed by atoms with Crippen molar-refractivity contribution in [1.82, 2.24) is 0 Å². The predicted molar refractivity (Wildman–Crippen MR) is 82.6 cm³/mol. The third-order valence-electron chi connectivity index (χ3n) is 4.15. The lowest BCUT2D eigenvalue weighted by molar-refractivity contribution is -0.145. The zero-order valence-corrected chi connectivity index (χ0v) is 12.7. The van der Waals surface area contributed by atoms with Crippen LogP contribution in [0.4, 0.5) is 11.4 Å². The molecule has 0 radical (unpaired) electrons. The minimum absolute atomic E-state index is 0.180. The van der Waals surface area contributed by atoms with Crippen molar-refractivity contribution >= 4 is 23.3 Å². The summed E-state index contributed by atoms with van der Waals surface area (Å²) in [6.45, 7) is 1.94. The van der Waals surface area contributed by atoms with Crippen molar-refractivity contribution in [1.29, 1.82) is 0 Å². The van der Waals surface area contributed by atoms with Crippen LogP contribution in [0.15, 0.2) is 18.2 Å². The van der Waals surface area contributed by atoms with Gasteiger partial charge in [0, 0.05) is 25.5 Å². The second-order valence-corrected chi connectivity index (χ2v) is 5.87. The van der Waals surface area contributed by atoms with Crippen molar-refractivity contribution in [3.63, 3.8) is 0 Å². The Morgan fingerprint density at radius 3 is 2.48 bits per heavy atom. The highest BCUT2D eigenvalue weighted by Crippen LogP contribution is 2.33. The van der Waals surface area contributed by atoms with Crippen LogP contribution < -0.4 is 10.2 Å². The summed E-state index contributed by atoms with van der Waals surface area (Å²) in [5, 5.41) is 12.0. The summed E-state index contributed by atoms with van der Waals surface area (Å²) in [5.74, 6) is -2.02. The van der Waals surface area contributed by atoms with Gasteiger partial charge in [0.25, 0.3) is 0 Å². The number of rotatable bonds is 4. The summed E-state index contributed by atoms with van der Waals surface area (Å²) in [5.41, 5.74) is 2.79. The summed E-state index contributed by atoms with van der Waals surface area (Å²) in [6.07, 6.45) is 2.04. The molecule has 0 bridgehead atoms. The summed E-state index contributed by atoms with van der Waals surface area (Å²) >= 11 is 0. The molecule has 114 valence electrons. The van der Waals surface area contributed by atoms with Gasteiger partial charge in [-0.3, -0.25) is 9.59 Å². The van der Waals surface area contributed by atoms with Gasteiger partial charge in [-0.2, -0.15) is 0 Å². The molecule has 1 saturated carbocycles. The van der Waals surface area contributed by atoms with E-state index in [0.717, 1.165) is 23.4 Å². The molecule has 1 amide bonds. The number of carbonyl (C=O) groups is 2. The van der Waals surface area contributed by atoms with Gasteiger partial charge in [0.05, 0.1) is 11.8 Å². The number of hydrogen-bond donors (Lipinski definition) is 2. The van der Waals surface area contributed by atoms with E-state index in [1.807, 2.05) is 44.1 Å². The highest BCUT2D eigenvalue weighted by Gasteiger charge is 2.37. The molecular weight excluding hydrogens is 268 g/mol. The normalized spacial score (nSPS) is 21.1. The molecule has 5 nitrogen and oxygen atoms in total. The monoisotopic (exact) mass is 290 g/mol. The van der Waals surface area contributed by atoms with Crippen molar-refractivity contribution in [2.45, 2.75) is 26.2 Å². The van der Waals surface area contributed by atoms with Crippen LogP contribution in [0, 0.1) is 18.8 Å². The lowest BCUT2D eigenvalue weighted by Crippen LogP contribution is -2.30. The molecule has 0 aromatic heterocycles. The van der Waals surface area contributed by atoms with Crippen molar-refractivity contribution < 1.29 is 14.7 Å². The second-order valence-electron chi connectivity index (χ2n) is 5.87. The number of hydrogen-bond acceptors (Lipinski definition) is 3. The molecule has 1 aromatic rings. The SMILES string of the molecule is Cc1cc(N(C)C)ccc1NC(=O)C1CCCC1C(=O)O. The van der Waals surface area contributed by atoms with E-state index in [1.165, 1.54) is 0 Å². The van der Waals surface area contributed by atoms with Crippen LogP contribution in [0.25, 0.3) is 0 Å². The van der Waals surface area contributed by atoms with Crippen LogP contribution in [-0.2, 0) is 9.59 Å². The Kier molecular flexibility index (Phi) is 4.50. The Balaban J connectivity index is 2.11. The molecule has 2 unspecified atom stereocenters. The van der Waals surface area contributed by atoms with Gasteiger partial charge in [-0.15, -0.1) is 0 Å². The second kappa shape index (κ2) is 6.16. The molecule has 2 N–H and O–H groups in total. The average molecular weight is 290 g/mol. The fourth-order valence-electron chi connectivity index (χ4n) is 2.86. The molecule has 2 rings (SSSR count). The first-order valence-electron chi connectivity index (χ1n) is 7.22. The number of carboxylic acids is 1. The lowest BCUT2D eigenvalue weighted by atomic mass is 9.95. The Morgan fingerprint density at radius 1 is 1.24 bits per heavy atom. The fraction of sp³-hybridized carbons (Fsp3) is 0.500. The highest BCUT2D eigenvalue weighted by molar-refractivity contribution is 5.96. The first kappa shape index (κ1) is 15.4. The minimum atomic E-state index is -0.868. The van der Waals surface area contributed by atoms with Crippen LogP contribution in [0.5, 0.6) is 0 Å². The lowest BCUT2D eigenvalue weighted by Gasteiger charge is -2.18. The molecule has 5 heteroatoms. The van der Waals surface area contributed by atoms with E-state index in [2.05, 4.69) is 5.32 Å². The topological polar surface area (TPSA) is 69.6 Å². The van der Waals surface area contributed by atoms with E-state index in [0.29, 0.717) is 12.8 Å². The maximum Gasteiger partial charge on any atom is 0.307 e. The highest BCUT2D eigenvalue weighted by atomic mass is 16.4. The minimum Gasteiger partial charge on any atom is -0.481 e. The maximum atomic E-state index is 12.3. The number of amides is 1. The first-order valence-corrected chi connectivity index (χ1v) is 7.22. The Bertz CT molecular complexity index is 554. The Morgan fingerprint density at radius 2 is 1.90 bits per heavy atom. The number of nitrogens with zero attached hydrogens (tertiary/aromatic N) is 1. The Labute approximate surface area is 125 Å². The standard InChI is InChI=1S/C16H22N2O3/c1-10-9-11(18(2)3)7-8-14(10)17-15(19)12-5-4-6-13(12)16(20)21/h7-9,12-13H,4-6H2,1-3H3,(H,17,19)(H,20,21). The molecule has 1 fully saturated rings. The van der Waals surface area contributed by atoms with Crippen molar-refractivity contribution in [2.24, 2.45) is 11.8 Å². The third-order valence-corrected chi connectivity index (χ3v) is 4.15. The molecule has 0 aliphatic heterocycles. The van der Waals surface area contributed by atoms with E-state index in [-0.39, 0.29) is 5.91 Å². The number of benzene rings is 1. The van der Waals surface area contributed by atoms with Gasteiger partial charge in [-0.25, -0.2) is 0 Å².